The number of hydrogen-bond donors (Lipinski definition) is 1. The Morgan fingerprint density at radius 3 is 2.65 bits per heavy atom. The van der Waals surface area contributed by atoms with E-state index in [9.17, 15) is 9.90 Å². The molecular formula is C26H31NO4. The number of rotatable bonds is 5. The van der Waals surface area contributed by atoms with Crippen molar-refractivity contribution >= 4 is 12.0 Å². The van der Waals surface area contributed by atoms with E-state index >= 15 is 0 Å². The lowest BCUT2D eigenvalue weighted by atomic mass is 9.66. The number of aliphatic hydroxyl groups is 1. The molecule has 5 nitrogen and oxygen atoms in total. The van der Waals surface area contributed by atoms with Crippen molar-refractivity contribution in [3.05, 3.63) is 65.7 Å². The lowest BCUT2D eigenvalue weighted by Gasteiger charge is -2.52. The Balaban J connectivity index is 1.73. The molecule has 1 aliphatic heterocycles. The number of hydrogen-bond acceptors (Lipinski definition) is 4. The van der Waals surface area contributed by atoms with Crippen LogP contribution in [0.5, 0.6) is 11.5 Å². The van der Waals surface area contributed by atoms with Gasteiger partial charge in [-0.15, -0.1) is 0 Å². The largest absolute Gasteiger partial charge is 0.497 e. The van der Waals surface area contributed by atoms with E-state index in [0.717, 1.165) is 36.8 Å². The lowest BCUT2D eigenvalue weighted by Crippen LogP contribution is -2.56. The molecular weight excluding hydrogens is 390 g/mol. The topological polar surface area (TPSA) is 59.0 Å². The molecule has 2 fully saturated rings. The number of carbonyl (C=O) groups excluding carboxylic acids is 1. The molecule has 2 aromatic carbocycles. The van der Waals surface area contributed by atoms with Crippen molar-refractivity contribution in [2.24, 2.45) is 5.92 Å². The fourth-order valence-corrected chi connectivity index (χ4v) is 5.21. The predicted octanol–water partition coefficient (Wildman–Crippen LogP) is 4.61. The van der Waals surface area contributed by atoms with Gasteiger partial charge in [0.25, 0.3) is 0 Å². The Morgan fingerprint density at radius 2 is 1.90 bits per heavy atom. The molecule has 1 heterocycles. The van der Waals surface area contributed by atoms with Crippen molar-refractivity contribution in [3.8, 4) is 11.5 Å². The average molecular weight is 422 g/mol. The Bertz CT molecular complexity index is 942. The molecule has 31 heavy (non-hydrogen) atoms. The van der Waals surface area contributed by atoms with Crippen LogP contribution in [-0.4, -0.2) is 42.3 Å². The number of benzene rings is 2. The van der Waals surface area contributed by atoms with Gasteiger partial charge in [0.1, 0.15) is 11.5 Å². The van der Waals surface area contributed by atoms with Gasteiger partial charge >= 0.3 is 0 Å². The fourth-order valence-electron chi connectivity index (χ4n) is 5.21. The Morgan fingerprint density at radius 1 is 1.10 bits per heavy atom. The summed E-state index contributed by atoms with van der Waals surface area (Å²) in [5.74, 6) is 1.34. The summed E-state index contributed by atoms with van der Waals surface area (Å²) in [5.41, 5.74) is 1.13. The van der Waals surface area contributed by atoms with Gasteiger partial charge in [0.2, 0.25) is 5.91 Å². The molecule has 1 N–H and O–H groups in total. The number of methoxy groups -OCH3 is 2. The van der Waals surface area contributed by atoms with Gasteiger partial charge in [-0.05, 0) is 49.1 Å². The van der Waals surface area contributed by atoms with Crippen LogP contribution in [0.3, 0.4) is 0 Å². The molecule has 1 amide bonds. The number of likely N-dealkylation sites (tertiary alicyclic amines) is 1. The van der Waals surface area contributed by atoms with Crippen molar-refractivity contribution in [1.29, 1.82) is 0 Å². The van der Waals surface area contributed by atoms with Gasteiger partial charge in [-0.3, -0.25) is 4.79 Å². The SMILES string of the molecule is COc1ccc(OC)c(C2C3CCCCC3(O)CCN2C(=O)C=Cc2ccccc2)c1. The molecule has 0 radical (unpaired) electrons. The maximum atomic E-state index is 13.4. The third-order valence-corrected chi connectivity index (χ3v) is 6.82. The standard InChI is InChI=1S/C26H31NO4/c1-30-20-12-13-23(31-2)21(18-20)25-22-10-6-7-15-26(22,29)16-17-27(25)24(28)14-11-19-8-4-3-5-9-19/h3-5,8-9,11-14,18,22,25,29H,6-7,10,15-17H2,1-2H3. The van der Waals surface area contributed by atoms with Crippen molar-refractivity contribution in [1.82, 2.24) is 4.90 Å². The molecule has 5 heteroatoms. The average Bonchev–Trinajstić information content (AvgIpc) is 2.81. The van der Waals surface area contributed by atoms with Gasteiger partial charge in [-0.1, -0.05) is 43.2 Å². The number of carbonyl (C=O) groups is 1. The number of amides is 1. The number of piperidine rings is 1. The fraction of sp³-hybridized carbons (Fsp3) is 0.423. The second-order valence-corrected chi connectivity index (χ2v) is 8.53. The van der Waals surface area contributed by atoms with E-state index in [1.807, 2.05) is 59.5 Å². The van der Waals surface area contributed by atoms with Gasteiger partial charge in [0.05, 0.1) is 25.9 Å². The summed E-state index contributed by atoms with van der Waals surface area (Å²) < 4.78 is 11.1. The number of fused-ring (bicyclic) bond motifs is 1. The molecule has 164 valence electrons. The van der Waals surface area contributed by atoms with Gasteiger partial charge in [0.15, 0.2) is 0 Å². The lowest BCUT2D eigenvalue weighted by molar-refractivity contribution is -0.151. The summed E-state index contributed by atoms with van der Waals surface area (Å²) in [4.78, 5) is 15.3. The van der Waals surface area contributed by atoms with Crippen LogP contribution in [0.2, 0.25) is 0 Å². The highest BCUT2D eigenvalue weighted by molar-refractivity contribution is 5.92. The molecule has 0 aromatic heterocycles. The van der Waals surface area contributed by atoms with E-state index in [1.165, 1.54) is 0 Å². The first-order valence-corrected chi connectivity index (χ1v) is 11.0. The zero-order chi connectivity index (χ0) is 21.8. The molecule has 1 saturated heterocycles. The summed E-state index contributed by atoms with van der Waals surface area (Å²) in [6, 6.07) is 15.2. The Kier molecular flexibility index (Phi) is 6.33. The summed E-state index contributed by atoms with van der Waals surface area (Å²) in [7, 11) is 3.28. The van der Waals surface area contributed by atoms with E-state index in [4.69, 9.17) is 9.47 Å². The molecule has 2 aliphatic rings. The molecule has 4 rings (SSSR count). The molecule has 1 saturated carbocycles. The normalized spacial score (nSPS) is 25.8. The second kappa shape index (κ2) is 9.15. The van der Waals surface area contributed by atoms with Crippen LogP contribution in [0.25, 0.3) is 6.08 Å². The van der Waals surface area contributed by atoms with E-state index in [1.54, 1.807) is 20.3 Å². The van der Waals surface area contributed by atoms with Crippen molar-refractivity contribution in [2.75, 3.05) is 20.8 Å². The minimum Gasteiger partial charge on any atom is -0.497 e. The van der Waals surface area contributed by atoms with E-state index in [0.29, 0.717) is 24.5 Å². The first kappa shape index (κ1) is 21.4. The summed E-state index contributed by atoms with van der Waals surface area (Å²) >= 11 is 0. The maximum Gasteiger partial charge on any atom is 0.247 e. The Labute approximate surface area is 184 Å². The monoisotopic (exact) mass is 421 g/mol. The quantitative estimate of drug-likeness (QED) is 0.716. The molecule has 2 aromatic rings. The Hall–Kier alpha value is -2.79. The van der Waals surface area contributed by atoms with Crippen LogP contribution in [0, 0.1) is 5.92 Å². The zero-order valence-corrected chi connectivity index (χ0v) is 18.3. The summed E-state index contributed by atoms with van der Waals surface area (Å²) in [6.45, 7) is 0.510. The third-order valence-electron chi connectivity index (χ3n) is 6.82. The molecule has 3 unspecified atom stereocenters. The maximum absolute atomic E-state index is 13.4. The van der Waals surface area contributed by atoms with Gasteiger partial charge in [-0.2, -0.15) is 0 Å². The summed E-state index contributed by atoms with van der Waals surface area (Å²) in [5, 5.41) is 11.5. The number of ether oxygens (including phenoxy) is 2. The van der Waals surface area contributed by atoms with Crippen LogP contribution in [0.15, 0.2) is 54.6 Å². The van der Waals surface area contributed by atoms with Crippen LogP contribution in [0.4, 0.5) is 0 Å². The second-order valence-electron chi connectivity index (χ2n) is 8.53. The van der Waals surface area contributed by atoms with Crippen molar-refractivity contribution < 1.29 is 19.4 Å². The third kappa shape index (κ3) is 4.33. The molecule has 0 spiro atoms. The highest BCUT2D eigenvalue weighted by atomic mass is 16.5. The first-order valence-electron chi connectivity index (χ1n) is 11.0. The van der Waals surface area contributed by atoms with Crippen molar-refractivity contribution in [3.63, 3.8) is 0 Å². The van der Waals surface area contributed by atoms with Crippen molar-refractivity contribution in [2.45, 2.75) is 43.7 Å². The number of nitrogens with zero attached hydrogens (tertiary/aromatic N) is 1. The van der Waals surface area contributed by atoms with Gasteiger partial charge in [-0.25, -0.2) is 0 Å². The van der Waals surface area contributed by atoms with Crippen LogP contribution < -0.4 is 9.47 Å². The highest BCUT2D eigenvalue weighted by Crippen LogP contribution is 2.51. The van der Waals surface area contributed by atoms with Crippen LogP contribution >= 0.6 is 0 Å². The summed E-state index contributed by atoms with van der Waals surface area (Å²) in [6.07, 6.45) is 7.84. The zero-order valence-electron chi connectivity index (χ0n) is 18.3. The first-order chi connectivity index (χ1) is 15.1. The van der Waals surface area contributed by atoms with E-state index in [-0.39, 0.29) is 17.9 Å². The minimum absolute atomic E-state index is 0.0370. The van der Waals surface area contributed by atoms with Gasteiger partial charge in [0, 0.05) is 24.1 Å². The smallest absolute Gasteiger partial charge is 0.247 e. The predicted molar refractivity (Wildman–Crippen MR) is 121 cm³/mol. The van der Waals surface area contributed by atoms with Crippen LogP contribution in [0.1, 0.15) is 49.3 Å². The minimum atomic E-state index is -0.753. The molecule has 3 atom stereocenters. The van der Waals surface area contributed by atoms with E-state index < -0.39 is 5.60 Å². The molecule has 0 bridgehead atoms. The van der Waals surface area contributed by atoms with Gasteiger partial charge < -0.3 is 19.5 Å². The highest BCUT2D eigenvalue weighted by Gasteiger charge is 2.50. The molecule has 1 aliphatic carbocycles. The van der Waals surface area contributed by atoms with E-state index in [2.05, 4.69) is 0 Å². The van der Waals surface area contributed by atoms with Crippen LogP contribution in [-0.2, 0) is 4.79 Å².